The number of rotatable bonds is 5. The Morgan fingerprint density at radius 1 is 1.13 bits per heavy atom. The van der Waals surface area contributed by atoms with Gasteiger partial charge in [-0.2, -0.15) is 0 Å². The van der Waals surface area contributed by atoms with Gasteiger partial charge in [-0.15, -0.1) is 0 Å². The van der Waals surface area contributed by atoms with Crippen LogP contribution in [0.15, 0.2) is 0 Å². The summed E-state index contributed by atoms with van der Waals surface area (Å²) in [5.74, 6) is -2.16. The van der Waals surface area contributed by atoms with E-state index >= 15 is 0 Å². The highest BCUT2D eigenvalue weighted by Crippen LogP contribution is 2.52. The topological polar surface area (TPSA) is 169 Å². The number of ether oxygens (including phenoxy) is 3. The van der Waals surface area contributed by atoms with Gasteiger partial charge in [0.2, 0.25) is 5.75 Å². The second-order valence-corrected chi connectivity index (χ2v) is 8.08. The van der Waals surface area contributed by atoms with Gasteiger partial charge in [0.15, 0.2) is 17.6 Å². The molecule has 0 aromatic heterocycles. The maximum Gasteiger partial charge on any atom is 0.339 e. The van der Waals surface area contributed by atoms with Crippen LogP contribution in [0.1, 0.15) is 40.4 Å². The van der Waals surface area contributed by atoms with Crippen molar-refractivity contribution in [2.75, 3.05) is 26.9 Å². The summed E-state index contributed by atoms with van der Waals surface area (Å²) in [6, 6.07) is -0.149. The Kier molecular flexibility index (Phi) is 5.99. The summed E-state index contributed by atoms with van der Waals surface area (Å²) < 4.78 is 16.2. The van der Waals surface area contributed by atoms with Crippen molar-refractivity contribution in [2.24, 2.45) is 0 Å². The summed E-state index contributed by atoms with van der Waals surface area (Å²) in [6.07, 6.45) is -5.18. The number of carbonyl (C=O) groups excluding carboxylic acids is 1. The minimum atomic E-state index is -1.56. The van der Waals surface area contributed by atoms with Crippen molar-refractivity contribution in [1.82, 2.24) is 4.90 Å². The number of benzene rings is 1. The van der Waals surface area contributed by atoms with Crippen molar-refractivity contribution in [3.8, 4) is 17.2 Å². The maximum absolute atomic E-state index is 12.9. The van der Waals surface area contributed by atoms with Gasteiger partial charge in [-0.25, -0.2) is 4.79 Å². The van der Waals surface area contributed by atoms with Crippen molar-refractivity contribution in [3.63, 3.8) is 0 Å². The number of carbonyl (C=O) groups is 1. The minimum Gasteiger partial charge on any atom is -0.504 e. The number of aromatic hydroxyl groups is 2. The third-order valence-corrected chi connectivity index (χ3v) is 6.42. The summed E-state index contributed by atoms with van der Waals surface area (Å²) in [5, 5.41) is 61.4. The molecule has 6 N–H and O–H groups in total. The normalized spacial score (nSPS) is 33.0. The molecule has 4 rings (SSSR count). The van der Waals surface area contributed by atoms with Crippen LogP contribution in [0.5, 0.6) is 17.2 Å². The van der Waals surface area contributed by atoms with Gasteiger partial charge in [0.1, 0.15) is 24.4 Å². The van der Waals surface area contributed by atoms with E-state index in [4.69, 9.17) is 14.2 Å². The molecule has 0 radical (unpaired) electrons. The molecule has 11 nitrogen and oxygen atoms in total. The molecule has 0 saturated carbocycles. The second kappa shape index (κ2) is 8.41. The molecule has 1 aromatic rings. The zero-order valence-electron chi connectivity index (χ0n) is 17.0. The van der Waals surface area contributed by atoms with Crippen LogP contribution >= 0.6 is 0 Å². The van der Waals surface area contributed by atoms with Gasteiger partial charge in [-0.1, -0.05) is 0 Å². The number of fused-ring (bicyclic) bond motifs is 3. The number of methoxy groups -OCH3 is 1. The summed E-state index contributed by atoms with van der Waals surface area (Å²) in [6.45, 7) is 0.0209. The van der Waals surface area contributed by atoms with Gasteiger partial charge >= 0.3 is 5.97 Å². The molecule has 0 aliphatic carbocycles. The quantitative estimate of drug-likeness (QED) is 0.302. The minimum absolute atomic E-state index is 0.0463. The fourth-order valence-electron chi connectivity index (χ4n) is 4.78. The van der Waals surface area contributed by atoms with Gasteiger partial charge in [-0.3, -0.25) is 4.90 Å². The lowest BCUT2D eigenvalue weighted by atomic mass is 9.84. The number of nitrogens with zero attached hydrogens (tertiary/aromatic N) is 1. The van der Waals surface area contributed by atoms with Gasteiger partial charge < -0.3 is 44.8 Å². The van der Waals surface area contributed by atoms with Crippen LogP contribution in [0.3, 0.4) is 0 Å². The van der Waals surface area contributed by atoms with Crippen molar-refractivity contribution in [1.29, 1.82) is 0 Å². The van der Waals surface area contributed by atoms with Crippen LogP contribution in [0.4, 0.5) is 0 Å². The van der Waals surface area contributed by atoms with E-state index in [-0.39, 0.29) is 41.6 Å². The van der Waals surface area contributed by atoms with Crippen molar-refractivity contribution in [2.45, 2.75) is 55.9 Å². The molecule has 3 aliphatic rings. The number of aliphatic hydroxyl groups is 4. The number of phenolic OH excluding ortho intramolecular Hbond substituents is 2. The summed E-state index contributed by atoms with van der Waals surface area (Å²) in [4.78, 5) is 14.8. The highest BCUT2D eigenvalue weighted by atomic mass is 16.6. The third kappa shape index (κ3) is 3.41. The summed E-state index contributed by atoms with van der Waals surface area (Å²) in [7, 11) is 1.24. The van der Waals surface area contributed by atoms with E-state index in [0.717, 1.165) is 12.8 Å². The van der Waals surface area contributed by atoms with Gasteiger partial charge in [-0.05, 0) is 19.4 Å². The number of aliphatic hydroxyl groups excluding tert-OH is 4. The molecule has 6 atom stereocenters. The summed E-state index contributed by atoms with van der Waals surface area (Å²) >= 11 is 0. The molecule has 11 heteroatoms. The SMILES string of the molecule is COc1c(O)c(CN2CCC[C@H]2CO)c2c(c1O)[C@@H]1O[C@H](CO)[C@@H](O)[C@H](O)[C@H]1OC2=O. The smallest absolute Gasteiger partial charge is 0.339 e. The van der Waals surface area contributed by atoms with Gasteiger partial charge in [0.05, 0.1) is 25.9 Å². The Labute approximate surface area is 178 Å². The molecule has 3 heterocycles. The van der Waals surface area contributed by atoms with E-state index in [1.54, 1.807) is 0 Å². The van der Waals surface area contributed by atoms with Gasteiger partial charge in [0, 0.05) is 23.7 Å². The average Bonchev–Trinajstić information content (AvgIpc) is 3.21. The largest absolute Gasteiger partial charge is 0.504 e. The van der Waals surface area contributed by atoms with Crippen LogP contribution in [-0.4, -0.2) is 98.8 Å². The monoisotopic (exact) mass is 441 g/mol. The first-order valence-corrected chi connectivity index (χ1v) is 10.2. The molecular formula is C20H27NO10. The van der Waals surface area contributed by atoms with Crippen LogP contribution in [0.2, 0.25) is 0 Å². The molecule has 2 saturated heterocycles. The number of hydrogen-bond donors (Lipinski definition) is 6. The number of esters is 1. The predicted molar refractivity (Wildman–Crippen MR) is 103 cm³/mol. The van der Waals surface area contributed by atoms with Crippen LogP contribution < -0.4 is 4.74 Å². The second-order valence-electron chi connectivity index (χ2n) is 8.08. The highest BCUT2D eigenvalue weighted by molar-refractivity contribution is 5.97. The lowest BCUT2D eigenvalue weighted by Crippen LogP contribution is -2.58. The number of likely N-dealkylation sites (tertiary alicyclic amines) is 1. The first-order valence-electron chi connectivity index (χ1n) is 10.2. The van der Waals surface area contributed by atoms with E-state index in [1.165, 1.54) is 7.11 Å². The van der Waals surface area contributed by atoms with Crippen LogP contribution in [-0.2, 0) is 16.0 Å². The molecule has 2 fully saturated rings. The lowest BCUT2D eigenvalue weighted by Gasteiger charge is -2.45. The first-order chi connectivity index (χ1) is 14.8. The van der Waals surface area contributed by atoms with Crippen LogP contribution in [0.25, 0.3) is 0 Å². The molecular weight excluding hydrogens is 414 g/mol. The van der Waals surface area contributed by atoms with Crippen molar-refractivity contribution >= 4 is 5.97 Å². The fraction of sp³-hybridized carbons (Fsp3) is 0.650. The molecule has 0 amide bonds. The standard InChI is InChI=1S/C20H27NO10/c1-29-18-13(24)9(5-21-4-2-3-8(21)6-22)11-12(15(18)26)17-19(31-20(11)28)16(27)14(25)10(7-23)30-17/h8,10,14,16-17,19,22-27H,2-7H2,1H3/t8-,10+,14+,16-,17-,19+/m0/s1. The molecule has 1 aromatic carbocycles. The van der Waals surface area contributed by atoms with E-state index in [0.29, 0.717) is 6.54 Å². The Morgan fingerprint density at radius 3 is 2.52 bits per heavy atom. The molecule has 0 unspecified atom stereocenters. The lowest BCUT2D eigenvalue weighted by molar-refractivity contribution is -0.235. The predicted octanol–water partition coefficient (Wildman–Crippen LogP) is -1.24. The van der Waals surface area contributed by atoms with Crippen molar-refractivity contribution < 1.29 is 49.6 Å². The fourth-order valence-corrected chi connectivity index (χ4v) is 4.78. The maximum atomic E-state index is 12.9. The number of phenols is 2. The highest BCUT2D eigenvalue weighted by Gasteiger charge is 2.53. The van der Waals surface area contributed by atoms with E-state index in [2.05, 4.69) is 0 Å². The first kappa shape index (κ1) is 22.1. The Bertz CT molecular complexity index is 861. The van der Waals surface area contributed by atoms with Crippen LogP contribution in [0, 0.1) is 0 Å². The summed E-state index contributed by atoms with van der Waals surface area (Å²) in [5.41, 5.74) is -0.0332. The molecule has 31 heavy (non-hydrogen) atoms. The third-order valence-electron chi connectivity index (χ3n) is 6.42. The molecule has 172 valence electrons. The number of hydrogen-bond acceptors (Lipinski definition) is 11. The Morgan fingerprint density at radius 2 is 1.87 bits per heavy atom. The zero-order chi connectivity index (χ0) is 22.4. The Balaban J connectivity index is 1.86. The van der Waals surface area contributed by atoms with Gasteiger partial charge in [0.25, 0.3) is 0 Å². The van der Waals surface area contributed by atoms with E-state index in [9.17, 15) is 35.4 Å². The average molecular weight is 441 g/mol. The van der Waals surface area contributed by atoms with Crippen molar-refractivity contribution in [3.05, 3.63) is 16.7 Å². The van der Waals surface area contributed by atoms with E-state index in [1.807, 2.05) is 4.90 Å². The molecule has 0 spiro atoms. The zero-order valence-corrected chi connectivity index (χ0v) is 17.0. The molecule has 3 aliphatic heterocycles. The molecule has 0 bridgehead atoms. The van der Waals surface area contributed by atoms with E-state index < -0.39 is 54.6 Å². The Hall–Kier alpha value is -2.15.